The number of rotatable bonds is 8. The summed E-state index contributed by atoms with van der Waals surface area (Å²) in [5.41, 5.74) is 1.33. The van der Waals surface area contributed by atoms with E-state index >= 15 is 0 Å². The lowest BCUT2D eigenvalue weighted by Crippen LogP contribution is -2.42. The van der Waals surface area contributed by atoms with E-state index < -0.39 is 0 Å². The number of methoxy groups -OCH3 is 1. The van der Waals surface area contributed by atoms with Crippen LogP contribution in [0.1, 0.15) is 15.9 Å². The molecular weight excluding hydrogens is 418 g/mol. The van der Waals surface area contributed by atoms with Crippen molar-refractivity contribution in [2.75, 3.05) is 46.5 Å². The highest BCUT2D eigenvalue weighted by Crippen LogP contribution is 2.14. The molecule has 8 heteroatoms. The van der Waals surface area contributed by atoms with Gasteiger partial charge in [-0.25, -0.2) is 0 Å². The standard InChI is InChI=1S/C23H26ClN3O4/c1-30-20-8-4-18(5-9-20)22(28)26-21(16-17-2-6-19(24)7-3-17)23(29)25-10-11-27-12-14-31-15-13-27/h2-9,16H,10-15H2,1H3,(H,25,29)(H,26,28)/b21-16+. The molecule has 3 rings (SSSR count). The van der Waals surface area contributed by atoms with Crippen LogP contribution in [0, 0.1) is 0 Å². The molecule has 1 aliphatic heterocycles. The number of carbonyl (C=O) groups is 2. The Morgan fingerprint density at radius 2 is 1.77 bits per heavy atom. The fourth-order valence-corrected chi connectivity index (χ4v) is 3.19. The molecular formula is C23H26ClN3O4. The van der Waals surface area contributed by atoms with Gasteiger partial charge in [0.15, 0.2) is 0 Å². The predicted molar refractivity (Wildman–Crippen MR) is 120 cm³/mol. The summed E-state index contributed by atoms with van der Waals surface area (Å²) >= 11 is 5.95. The number of morpholine rings is 1. The summed E-state index contributed by atoms with van der Waals surface area (Å²) in [5, 5.41) is 6.20. The van der Waals surface area contributed by atoms with Crippen LogP contribution in [0.4, 0.5) is 0 Å². The van der Waals surface area contributed by atoms with Gasteiger partial charge in [-0.05, 0) is 48.0 Å². The maximum atomic E-state index is 12.8. The lowest BCUT2D eigenvalue weighted by Gasteiger charge is -2.26. The van der Waals surface area contributed by atoms with E-state index in [-0.39, 0.29) is 17.5 Å². The first-order valence-corrected chi connectivity index (χ1v) is 10.4. The Balaban J connectivity index is 1.69. The van der Waals surface area contributed by atoms with Gasteiger partial charge < -0.3 is 20.1 Å². The molecule has 0 unspecified atom stereocenters. The fraction of sp³-hybridized carbons (Fsp3) is 0.304. The minimum absolute atomic E-state index is 0.158. The van der Waals surface area contributed by atoms with Gasteiger partial charge in [-0.3, -0.25) is 14.5 Å². The zero-order valence-electron chi connectivity index (χ0n) is 17.4. The molecule has 164 valence electrons. The summed E-state index contributed by atoms with van der Waals surface area (Å²) in [7, 11) is 1.56. The number of carbonyl (C=O) groups excluding carboxylic acids is 2. The number of ether oxygens (including phenoxy) is 2. The second-order valence-corrected chi connectivity index (χ2v) is 7.44. The van der Waals surface area contributed by atoms with E-state index in [1.54, 1.807) is 61.7 Å². The maximum absolute atomic E-state index is 12.8. The predicted octanol–water partition coefficient (Wildman–Crippen LogP) is 2.57. The Bertz CT molecular complexity index is 907. The summed E-state index contributed by atoms with van der Waals surface area (Å²) in [4.78, 5) is 27.8. The number of hydrogen-bond acceptors (Lipinski definition) is 5. The first kappa shape index (κ1) is 22.8. The minimum atomic E-state index is -0.383. The molecule has 0 aliphatic carbocycles. The maximum Gasteiger partial charge on any atom is 0.267 e. The highest BCUT2D eigenvalue weighted by atomic mass is 35.5. The van der Waals surface area contributed by atoms with E-state index in [1.807, 2.05) is 0 Å². The molecule has 7 nitrogen and oxygen atoms in total. The van der Waals surface area contributed by atoms with Crippen molar-refractivity contribution >= 4 is 29.5 Å². The van der Waals surface area contributed by atoms with Crippen molar-refractivity contribution in [1.29, 1.82) is 0 Å². The van der Waals surface area contributed by atoms with E-state index in [9.17, 15) is 9.59 Å². The zero-order chi connectivity index (χ0) is 22.1. The third-order valence-electron chi connectivity index (χ3n) is 4.84. The van der Waals surface area contributed by atoms with Crippen molar-refractivity contribution in [1.82, 2.24) is 15.5 Å². The summed E-state index contributed by atoms with van der Waals surface area (Å²) in [6.45, 7) is 4.28. The lowest BCUT2D eigenvalue weighted by molar-refractivity contribution is -0.117. The zero-order valence-corrected chi connectivity index (χ0v) is 18.2. The molecule has 1 fully saturated rings. The van der Waals surface area contributed by atoms with Crippen LogP contribution in [0.5, 0.6) is 5.75 Å². The molecule has 1 heterocycles. The van der Waals surface area contributed by atoms with Crippen LogP contribution in [0.15, 0.2) is 54.2 Å². The largest absolute Gasteiger partial charge is 0.497 e. The van der Waals surface area contributed by atoms with Gasteiger partial charge >= 0.3 is 0 Å². The number of nitrogens with one attached hydrogen (secondary N) is 2. The highest BCUT2D eigenvalue weighted by molar-refractivity contribution is 6.30. The van der Waals surface area contributed by atoms with Crippen LogP contribution in [0.25, 0.3) is 6.08 Å². The molecule has 0 spiro atoms. The van der Waals surface area contributed by atoms with Crippen molar-refractivity contribution in [2.24, 2.45) is 0 Å². The second kappa shape index (κ2) is 11.5. The van der Waals surface area contributed by atoms with Crippen LogP contribution >= 0.6 is 11.6 Å². The Kier molecular flexibility index (Phi) is 8.46. The van der Waals surface area contributed by atoms with Crippen LogP contribution < -0.4 is 15.4 Å². The van der Waals surface area contributed by atoms with E-state index in [0.717, 1.165) is 25.2 Å². The Hall–Kier alpha value is -2.87. The first-order valence-electron chi connectivity index (χ1n) is 10.1. The van der Waals surface area contributed by atoms with Gasteiger partial charge in [-0.1, -0.05) is 23.7 Å². The average molecular weight is 444 g/mol. The van der Waals surface area contributed by atoms with E-state index in [1.165, 1.54) is 0 Å². The van der Waals surface area contributed by atoms with Gasteiger partial charge in [-0.15, -0.1) is 0 Å². The monoisotopic (exact) mass is 443 g/mol. The molecule has 0 aromatic heterocycles. The van der Waals surface area contributed by atoms with E-state index in [0.29, 0.717) is 36.1 Å². The SMILES string of the molecule is COc1ccc(C(=O)N/C(=C/c2ccc(Cl)cc2)C(=O)NCCN2CCOCC2)cc1. The van der Waals surface area contributed by atoms with Crippen molar-refractivity contribution < 1.29 is 19.1 Å². The highest BCUT2D eigenvalue weighted by Gasteiger charge is 2.16. The normalized spacial score (nSPS) is 14.7. The third kappa shape index (κ3) is 7.10. The summed E-state index contributed by atoms with van der Waals surface area (Å²) < 4.78 is 10.5. The molecule has 2 aromatic rings. The molecule has 31 heavy (non-hydrogen) atoms. The van der Waals surface area contributed by atoms with Crippen molar-refractivity contribution in [3.63, 3.8) is 0 Å². The van der Waals surface area contributed by atoms with Crippen molar-refractivity contribution in [2.45, 2.75) is 0 Å². The van der Waals surface area contributed by atoms with Gasteiger partial charge in [0.25, 0.3) is 11.8 Å². The number of nitrogens with zero attached hydrogens (tertiary/aromatic N) is 1. The summed E-state index contributed by atoms with van der Waals surface area (Å²) in [6, 6.07) is 13.7. The molecule has 0 atom stereocenters. The fourth-order valence-electron chi connectivity index (χ4n) is 3.07. The van der Waals surface area contributed by atoms with Gasteiger partial charge in [0.2, 0.25) is 0 Å². The van der Waals surface area contributed by atoms with Gasteiger partial charge in [0.05, 0.1) is 20.3 Å². The molecule has 1 aliphatic rings. The average Bonchev–Trinajstić information content (AvgIpc) is 2.80. The molecule has 2 amide bonds. The molecule has 0 bridgehead atoms. The van der Waals surface area contributed by atoms with E-state index in [4.69, 9.17) is 21.1 Å². The third-order valence-corrected chi connectivity index (χ3v) is 5.10. The summed E-state index contributed by atoms with van der Waals surface area (Å²) in [5.74, 6) is -0.0920. The Morgan fingerprint density at radius 1 is 1.10 bits per heavy atom. The van der Waals surface area contributed by atoms with Crippen LogP contribution in [0.3, 0.4) is 0 Å². The number of halogens is 1. The smallest absolute Gasteiger partial charge is 0.267 e. The second-order valence-electron chi connectivity index (χ2n) is 7.00. The van der Waals surface area contributed by atoms with E-state index in [2.05, 4.69) is 15.5 Å². The Morgan fingerprint density at radius 3 is 2.42 bits per heavy atom. The van der Waals surface area contributed by atoms with Gasteiger partial charge in [0.1, 0.15) is 11.4 Å². The molecule has 0 radical (unpaired) electrons. The number of hydrogen-bond donors (Lipinski definition) is 2. The number of benzene rings is 2. The summed E-state index contributed by atoms with van der Waals surface area (Å²) in [6.07, 6.45) is 1.63. The van der Waals surface area contributed by atoms with Crippen LogP contribution in [0.2, 0.25) is 5.02 Å². The molecule has 2 N–H and O–H groups in total. The van der Waals surface area contributed by atoms with Crippen molar-refractivity contribution in [3.8, 4) is 5.75 Å². The quantitative estimate of drug-likeness (QED) is 0.613. The van der Waals surface area contributed by atoms with Crippen molar-refractivity contribution in [3.05, 3.63) is 70.4 Å². The number of amides is 2. The first-order chi connectivity index (χ1) is 15.0. The lowest BCUT2D eigenvalue weighted by atomic mass is 10.1. The van der Waals surface area contributed by atoms with Crippen LogP contribution in [-0.4, -0.2) is 63.2 Å². The van der Waals surface area contributed by atoms with Gasteiger partial charge in [-0.2, -0.15) is 0 Å². The molecule has 1 saturated heterocycles. The molecule has 0 saturated carbocycles. The van der Waals surface area contributed by atoms with Gasteiger partial charge in [0, 0.05) is 36.8 Å². The Labute approximate surface area is 187 Å². The minimum Gasteiger partial charge on any atom is -0.497 e. The topological polar surface area (TPSA) is 79.9 Å². The molecule has 2 aromatic carbocycles. The van der Waals surface area contributed by atoms with Crippen LogP contribution in [-0.2, 0) is 9.53 Å².